The molecule has 0 fully saturated rings. The number of fused-ring (bicyclic) bond motifs is 2. The van der Waals surface area contributed by atoms with Crippen molar-refractivity contribution in [2.75, 3.05) is 7.11 Å². The molecule has 0 aliphatic carbocycles. The van der Waals surface area contributed by atoms with Crippen molar-refractivity contribution in [3.8, 4) is 22.8 Å². The SMILES string of the molecule is COc1ccc(-c2nc3c(O)cccn3c2C)c2ccc(=O)[nH]c12. The van der Waals surface area contributed by atoms with Crippen LogP contribution in [0.1, 0.15) is 5.69 Å². The van der Waals surface area contributed by atoms with Crippen molar-refractivity contribution >= 4 is 16.6 Å². The van der Waals surface area contributed by atoms with Gasteiger partial charge < -0.3 is 19.2 Å². The topological polar surface area (TPSA) is 79.6 Å². The molecule has 0 saturated heterocycles. The molecule has 0 atom stereocenters. The van der Waals surface area contributed by atoms with Gasteiger partial charge in [-0.1, -0.05) is 0 Å². The molecule has 0 spiro atoms. The highest BCUT2D eigenvalue weighted by molar-refractivity contribution is 5.97. The number of imidazole rings is 1. The fourth-order valence-electron chi connectivity index (χ4n) is 3.03. The molecule has 4 aromatic rings. The minimum Gasteiger partial charge on any atom is -0.504 e. The van der Waals surface area contributed by atoms with Crippen molar-refractivity contribution in [1.29, 1.82) is 0 Å². The van der Waals surface area contributed by atoms with Gasteiger partial charge in [-0.3, -0.25) is 4.79 Å². The van der Waals surface area contributed by atoms with E-state index in [9.17, 15) is 9.90 Å². The van der Waals surface area contributed by atoms with E-state index in [0.717, 1.165) is 22.3 Å². The van der Waals surface area contributed by atoms with E-state index >= 15 is 0 Å². The standard InChI is InChI=1S/C18H15N3O3/c1-10-16(20-18-13(22)4-3-9-21(10)18)11-5-7-14(24-2)17-12(11)6-8-15(23)19-17/h3-9,22H,1-2H3,(H,19,23). The molecule has 4 rings (SSSR count). The molecular weight excluding hydrogens is 306 g/mol. The lowest BCUT2D eigenvalue weighted by atomic mass is 10.0. The van der Waals surface area contributed by atoms with Crippen molar-refractivity contribution in [3.63, 3.8) is 0 Å². The van der Waals surface area contributed by atoms with Gasteiger partial charge in [-0.05, 0) is 37.3 Å². The number of H-pyrrole nitrogens is 1. The molecule has 0 amide bonds. The van der Waals surface area contributed by atoms with Crippen molar-refractivity contribution in [2.24, 2.45) is 0 Å². The molecule has 120 valence electrons. The summed E-state index contributed by atoms with van der Waals surface area (Å²) < 4.78 is 7.19. The molecule has 0 bridgehead atoms. The molecule has 24 heavy (non-hydrogen) atoms. The summed E-state index contributed by atoms with van der Waals surface area (Å²) in [5, 5.41) is 10.9. The van der Waals surface area contributed by atoms with E-state index in [0.29, 0.717) is 16.9 Å². The van der Waals surface area contributed by atoms with Crippen LogP contribution in [0.2, 0.25) is 0 Å². The largest absolute Gasteiger partial charge is 0.504 e. The summed E-state index contributed by atoms with van der Waals surface area (Å²) in [6, 6.07) is 10.3. The number of benzene rings is 1. The number of methoxy groups -OCH3 is 1. The first-order chi connectivity index (χ1) is 11.6. The Hall–Kier alpha value is -3.28. The highest BCUT2D eigenvalue weighted by atomic mass is 16.5. The molecule has 1 aromatic carbocycles. The Kier molecular flexibility index (Phi) is 3.06. The van der Waals surface area contributed by atoms with Gasteiger partial charge in [0.2, 0.25) is 5.56 Å². The first-order valence-corrected chi connectivity index (χ1v) is 7.47. The third-order valence-electron chi connectivity index (χ3n) is 4.20. The second kappa shape index (κ2) is 5.13. The van der Waals surface area contributed by atoms with Gasteiger partial charge in [-0.15, -0.1) is 0 Å². The number of aryl methyl sites for hydroxylation is 1. The zero-order valence-electron chi connectivity index (χ0n) is 13.2. The van der Waals surface area contributed by atoms with Crippen LogP contribution in [-0.2, 0) is 0 Å². The number of aromatic amines is 1. The Labute approximate surface area is 137 Å². The number of ether oxygens (including phenoxy) is 1. The zero-order chi connectivity index (χ0) is 16.8. The predicted octanol–water partition coefficient (Wildman–Crippen LogP) is 2.87. The summed E-state index contributed by atoms with van der Waals surface area (Å²) in [4.78, 5) is 19.1. The van der Waals surface area contributed by atoms with Crippen LogP contribution >= 0.6 is 0 Å². The van der Waals surface area contributed by atoms with Crippen LogP contribution in [0.3, 0.4) is 0 Å². The monoisotopic (exact) mass is 321 g/mol. The van der Waals surface area contributed by atoms with E-state index in [1.807, 2.05) is 23.6 Å². The molecule has 0 aliphatic heterocycles. The number of pyridine rings is 2. The lowest BCUT2D eigenvalue weighted by molar-refractivity contribution is 0.419. The average molecular weight is 321 g/mol. The van der Waals surface area contributed by atoms with Crippen molar-refractivity contribution in [1.82, 2.24) is 14.4 Å². The molecule has 6 nitrogen and oxygen atoms in total. The zero-order valence-corrected chi connectivity index (χ0v) is 13.2. The lowest BCUT2D eigenvalue weighted by Crippen LogP contribution is -2.04. The fourth-order valence-corrected chi connectivity index (χ4v) is 3.03. The van der Waals surface area contributed by atoms with Gasteiger partial charge >= 0.3 is 0 Å². The number of nitrogens with zero attached hydrogens (tertiary/aromatic N) is 2. The summed E-state index contributed by atoms with van der Waals surface area (Å²) in [6.45, 7) is 1.94. The first-order valence-electron chi connectivity index (χ1n) is 7.47. The number of rotatable bonds is 2. The van der Waals surface area contributed by atoms with Crippen LogP contribution in [-0.4, -0.2) is 26.6 Å². The fraction of sp³-hybridized carbons (Fsp3) is 0.111. The minimum atomic E-state index is -0.192. The number of nitrogens with one attached hydrogen (secondary N) is 1. The van der Waals surface area contributed by atoms with E-state index in [-0.39, 0.29) is 11.3 Å². The predicted molar refractivity (Wildman–Crippen MR) is 91.7 cm³/mol. The summed E-state index contributed by atoms with van der Waals surface area (Å²) in [7, 11) is 1.56. The van der Waals surface area contributed by atoms with E-state index in [1.165, 1.54) is 6.07 Å². The molecule has 0 unspecified atom stereocenters. The molecule has 6 heteroatoms. The van der Waals surface area contributed by atoms with E-state index in [2.05, 4.69) is 9.97 Å². The minimum absolute atomic E-state index is 0.123. The number of hydrogen-bond donors (Lipinski definition) is 2. The molecule has 3 aromatic heterocycles. The van der Waals surface area contributed by atoms with Crippen LogP contribution in [0.15, 0.2) is 47.4 Å². The Morgan fingerprint density at radius 2 is 2.04 bits per heavy atom. The van der Waals surface area contributed by atoms with Gasteiger partial charge in [-0.2, -0.15) is 0 Å². The van der Waals surface area contributed by atoms with Crippen molar-refractivity contribution < 1.29 is 9.84 Å². The second-order valence-electron chi connectivity index (χ2n) is 5.56. The molecule has 0 radical (unpaired) electrons. The number of hydrogen-bond acceptors (Lipinski definition) is 4. The van der Waals surface area contributed by atoms with Crippen molar-refractivity contribution in [3.05, 3.63) is 58.6 Å². The summed E-state index contributed by atoms with van der Waals surface area (Å²) >= 11 is 0. The van der Waals surface area contributed by atoms with Crippen LogP contribution in [0, 0.1) is 6.92 Å². The van der Waals surface area contributed by atoms with E-state index in [1.54, 1.807) is 31.4 Å². The van der Waals surface area contributed by atoms with Crippen LogP contribution in [0.5, 0.6) is 11.5 Å². The average Bonchev–Trinajstić information content (AvgIpc) is 2.92. The summed E-state index contributed by atoms with van der Waals surface area (Å²) in [5.74, 6) is 0.716. The normalized spacial score (nSPS) is 11.2. The van der Waals surface area contributed by atoms with Gasteiger partial charge in [0, 0.05) is 28.9 Å². The Morgan fingerprint density at radius 3 is 2.79 bits per heavy atom. The first kappa shape index (κ1) is 14.3. The maximum Gasteiger partial charge on any atom is 0.248 e. The maximum absolute atomic E-state index is 11.7. The second-order valence-corrected chi connectivity index (χ2v) is 5.56. The Morgan fingerprint density at radius 1 is 1.21 bits per heavy atom. The summed E-state index contributed by atoms with van der Waals surface area (Å²) in [5.41, 5.74) is 3.45. The molecule has 0 saturated carbocycles. The number of aromatic hydroxyl groups is 1. The van der Waals surface area contributed by atoms with Gasteiger partial charge in [0.15, 0.2) is 11.4 Å². The highest BCUT2D eigenvalue weighted by Gasteiger charge is 2.16. The Balaban J connectivity index is 2.09. The van der Waals surface area contributed by atoms with E-state index in [4.69, 9.17) is 4.74 Å². The summed E-state index contributed by atoms with van der Waals surface area (Å²) in [6.07, 6.45) is 1.86. The molecular formula is C18H15N3O3. The maximum atomic E-state index is 11.7. The van der Waals surface area contributed by atoms with Crippen LogP contribution in [0.4, 0.5) is 0 Å². The Bertz CT molecular complexity index is 1140. The van der Waals surface area contributed by atoms with Crippen LogP contribution < -0.4 is 10.3 Å². The third-order valence-corrected chi connectivity index (χ3v) is 4.20. The van der Waals surface area contributed by atoms with Gasteiger partial charge in [0.25, 0.3) is 0 Å². The molecule has 0 aliphatic rings. The quantitative estimate of drug-likeness (QED) is 0.595. The number of aromatic nitrogens is 3. The van der Waals surface area contributed by atoms with E-state index < -0.39 is 0 Å². The van der Waals surface area contributed by atoms with Gasteiger partial charge in [-0.25, -0.2) is 4.98 Å². The highest BCUT2D eigenvalue weighted by Crippen LogP contribution is 2.35. The van der Waals surface area contributed by atoms with Crippen molar-refractivity contribution in [2.45, 2.75) is 6.92 Å². The lowest BCUT2D eigenvalue weighted by Gasteiger charge is -2.09. The molecule has 2 N–H and O–H groups in total. The van der Waals surface area contributed by atoms with Gasteiger partial charge in [0.1, 0.15) is 5.75 Å². The van der Waals surface area contributed by atoms with Crippen LogP contribution in [0.25, 0.3) is 27.8 Å². The third kappa shape index (κ3) is 1.96. The van der Waals surface area contributed by atoms with Gasteiger partial charge in [0.05, 0.1) is 18.3 Å². The smallest absolute Gasteiger partial charge is 0.248 e. The molecule has 3 heterocycles.